The molecule has 0 bridgehead atoms. The third-order valence-electron chi connectivity index (χ3n) is 3.70. The normalized spacial score (nSPS) is 10.5. The number of rotatable bonds is 8. The van der Waals surface area contributed by atoms with Gasteiger partial charge in [0.15, 0.2) is 0 Å². The largest absolute Gasteiger partial charge is 0.460 e. The van der Waals surface area contributed by atoms with Crippen molar-refractivity contribution in [3.63, 3.8) is 0 Å². The number of hydrogen-bond donors (Lipinski definition) is 1. The number of benzene rings is 1. The molecule has 0 aliphatic carbocycles. The van der Waals surface area contributed by atoms with E-state index in [0.717, 1.165) is 40.8 Å². The molecule has 1 N–H and O–H groups in total. The summed E-state index contributed by atoms with van der Waals surface area (Å²) < 4.78 is 5.91. The Kier molecular flexibility index (Phi) is 8.62. The van der Waals surface area contributed by atoms with E-state index in [2.05, 4.69) is 12.2 Å². The molecular weight excluding hydrogens is 317 g/mol. The summed E-state index contributed by atoms with van der Waals surface area (Å²) in [6.07, 6.45) is 5.13. The van der Waals surface area contributed by atoms with Crippen LogP contribution in [0.15, 0.2) is 34.7 Å². The Balaban J connectivity index is 0.00000242. The van der Waals surface area contributed by atoms with Crippen LogP contribution in [0.3, 0.4) is 0 Å². The molecule has 0 saturated heterocycles. The smallest absolute Gasteiger partial charge is 0.134 e. The lowest BCUT2D eigenvalue weighted by molar-refractivity contribution is 0.487. The van der Waals surface area contributed by atoms with Crippen LogP contribution in [0.5, 0.6) is 0 Å². The van der Waals surface area contributed by atoms with Crippen LogP contribution in [-0.2, 0) is 6.54 Å². The molecule has 0 unspecified atom stereocenters. The molecule has 0 radical (unpaired) electrons. The van der Waals surface area contributed by atoms with Gasteiger partial charge in [-0.05, 0) is 43.7 Å². The second-order valence-electron chi connectivity index (χ2n) is 5.42. The molecule has 4 heteroatoms. The first-order chi connectivity index (χ1) is 10.2. The van der Waals surface area contributed by atoms with Gasteiger partial charge in [-0.2, -0.15) is 0 Å². The van der Waals surface area contributed by atoms with Crippen LogP contribution in [0, 0.1) is 6.92 Å². The molecule has 22 heavy (non-hydrogen) atoms. The number of unbranched alkanes of at least 4 members (excludes halogenated alkanes) is 3. The molecular formula is C18H25Cl2NO. The number of halogens is 2. The average molecular weight is 342 g/mol. The van der Waals surface area contributed by atoms with E-state index in [-0.39, 0.29) is 12.4 Å². The third-order valence-corrected chi connectivity index (χ3v) is 4.11. The first kappa shape index (κ1) is 19.1. The number of nitrogens with one attached hydrogen (secondary N) is 1. The van der Waals surface area contributed by atoms with Crippen molar-refractivity contribution in [3.05, 3.63) is 46.7 Å². The minimum Gasteiger partial charge on any atom is -0.460 e. The molecule has 1 aromatic carbocycles. The fraction of sp³-hybridized carbons (Fsp3) is 0.444. The van der Waals surface area contributed by atoms with Gasteiger partial charge in [0.2, 0.25) is 0 Å². The Morgan fingerprint density at radius 2 is 1.91 bits per heavy atom. The molecule has 0 aliphatic rings. The zero-order chi connectivity index (χ0) is 15.1. The van der Waals surface area contributed by atoms with E-state index in [9.17, 15) is 0 Å². The summed E-state index contributed by atoms with van der Waals surface area (Å²) in [5, 5.41) is 4.21. The van der Waals surface area contributed by atoms with Crippen molar-refractivity contribution < 1.29 is 4.42 Å². The highest BCUT2D eigenvalue weighted by Gasteiger charge is 2.09. The number of furan rings is 1. The van der Waals surface area contributed by atoms with Crippen molar-refractivity contribution in [3.8, 4) is 11.3 Å². The highest BCUT2D eigenvalue weighted by molar-refractivity contribution is 6.31. The predicted molar refractivity (Wildman–Crippen MR) is 97.0 cm³/mol. The minimum atomic E-state index is 0. The van der Waals surface area contributed by atoms with Gasteiger partial charge >= 0.3 is 0 Å². The zero-order valence-corrected chi connectivity index (χ0v) is 14.9. The molecule has 1 heterocycles. The summed E-state index contributed by atoms with van der Waals surface area (Å²) in [5.74, 6) is 1.86. The van der Waals surface area contributed by atoms with Crippen LogP contribution in [0.2, 0.25) is 5.02 Å². The molecule has 1 aromatic heterocycles. The molecule has 0 aliphatic heterocycles. The molecule has 2 rings (SSSR count). The molecule has 0 amide bonds. The van der Waals surface area contributed by atoms with Gasteiger partial charge in [0.05, 0.1) is 6.54 Å². The first-order valence-corrected chi connectivity index (χ1v) is 8.15. The second-order valence-corrected chi connectivity index (χ2v) is 5.82. The molecule has 0 saturated carbocycles. The summed E-state index contributed by atoms with van der Waals surface area (Å²) in [4.78, 5) is 0. The van der Waals surface area contributed by atoms with Crippen LogP contribution in [0.1, 0.15) is 43.9 Å². The van der Waals surface area contributed by atoms with Crippen LogP contribution in [-0.4, -0.2) is 6.54 Å². The van der Waals surface area contributed by atoms with Gasteiger partial charge in [0, 0.05) is 10.6 Å². The summed E-state index contributed by atoms with van der Waals surface area (Å²) in [6.45, 7) is 6.08. The highest BCUT2D eigenvalue weighted by atomic mass is 35.5. The van der Waals surface area contributed by atoms with E-state index < -0.39 is 0 Å². The molecule has 0 spiro atoms. The van der Waals surface area contributed by atoms with Crippen molar-refractivity contribution in [2.24, 2.45) is 0 Å². The van der Waals surface area contributed by atoms with Crippen molar-refractivity contribution in [2.45, 2.75) is 46.1 Å². The highest BCUT2D eigenvalue weighted by Crippen LogP contribution is 2.29. The lowest BCUT2D eigenvalue weighted by atomic mass is 10.1. The Morgan fingerprint density at radius 3 is 2.68 bits per heavy atom. The molecule has 0 atom stereocenters. The quantitative estimate of drug-likeness (QED) is 0.595. The van der Waals surface area contributed by atoms with E-state index in [4.69, 9.17) is 16.0 Å². The van der Waals surface area contributed by atoms with E-state index in [1.807, 2.05) is 37.3 Å². The van der Waals surface area contributed by atoms with E-state index in [0.29, 0.717) is 0 Å². The van der Waals surface area contributed by atoms with Crippen LogP contribution >= 0.6 is 24.0 Å². The maximum Gasteiger partial charge on any atom is 0.134 e. The van der Waals surface area contributed by atoms with E-state index in [1.165, 1.54) is 25.7 Å². The Bertz CT molecular complexity index is 566. The van der Waals surface area contributed by atoms with Crippen molar-refractivity contribution in [1.82, 2.24) is 5.32 Å². The second kappa shape index (κ2) is 9.94. The van der Waals surface area contributed by atoms with Crippen LogP contribution in [0.25, 0.3) is 11.3 Å². The lowest BCUT2D eigenvalue weighted by Crippen LogP contribution is -2.14. The van der Waals surface area contributed by atoms with E-state index in [1.54, 1.807) is 0 Å². The zero-order valence-electron chi connectivity index (χ0n) is 13.3. The fourth-order valence-electron chi connectivity index (χ4n) is 2.38. The standard InChI is InChI=1S/C18H24ClNO.ClH/c1-3-4-5-6-12-20-13-15-10-11-18(21-15)16-8-7-9-17(19)14(16)2;/h7-11,20H,3-6,12-13H2,1-2H3;1H. The Hall–Kier alpha value is -0.960. The summed E-state index contributed by atoms with van der Waals surface area (Å²) in [7, 11) is 0. The number of hydrogen-bond acceptors (Lipinski definition) is 2. The maximum atomic E-state index is 6.16. The van der Waals surface area contributed by atoms with Crippen LogP contribution in [0.4, 0.5) is 0 Å². The topological polar surface area (TPSA) is 25.2 Å². The first-order valence-electron chi connectivity index (χ1n) is 7.77. The predicted octanol–water partition coefficient (Wildman–Crippen LogP) is 6.00. The van der Waals surface area contributed by atoms with Gasteiger partial charge in [0.1, 0.15) is 11.5 Å². The van der Waals surface area contributed by atoms with Crippen molar-refractivity contribution >= 4 is 24.0 Å². The minimum absolute atomic E-state index is 0. The summed E-state index contributed by atoms with van der Waals surface area (Å²) in [5.41, 5.74) is 2.13. The molecule has 0 fully saturated rings. The van der Waals surface area contributed by atoms with Crippen LogP contribution < -0.4 is 5.32 Å². The Labute approximate surface area is 144 Å². The lowest BCUT2D eigenvalue weighted by Gasteiger charge is -2.05. The molecule has 2 aromatic rings. The van der Waals surface area contributed by atoms with Gasteiger partial charge in [-0.15, -0.1) is 12.4 Å². The van der Waals surface area contributed by atoms with Crippen molar-refractivity contribution in [2.75, 3.05) is 6.54 Å². The van der Waals surface area contributed by atoms with Gasteiger partial charge in [0.25, 0.3) is 0 Å². The SMILES string of the molecule is CCCCCCNCc1ccc(-c2cccc(Cl)c2C)o1.Cl. The molecule has 2 nitrogen and oxygen atoms in total. The Morgan fingerprint density at radius 1 is 1.09 bits per heavy atom. The fourth-order valence-corrected chi connectivity index (χ4v) is 2.55. The third kappa shape index (κ3) is 5.35. The monoisotopic (exact) mass is 341 g/mol. The summed E-state index contributed by atoms with van der Waals surface area (Å²) in [6, 6.07) is 9.96. The maximum absolute atomic E-state index is 6.16. The van der Waals surface area contributed by atoms with Gasteiger partial charge in [-0.1, -0.05) is 49.9 Å². The summed E-state index contributed by atoms with van der Waals surface area (Å²) >= 11 is 6.16. The van der Waals surface area contributed by atoms with Gasteiger partial charge in [-0.25, -0.2) is 0 Å². The van der Waals surface area contributed by atoms with Gasteiger partial charge in [-0.3, -0.25) is 0 Å². The molecule has 122 valence electrons. The van der Waals surface area contributed by atoms with E-state index >= 15 is 0 Å². The van der Waals surface area contributed by atoms with Crippen molar-refractivity contribution in [1.29, 1.82) is 0 Å². The average Bonchev–Trinajstić information content (AvgIpc) is 2.94. The van der Waals surface area contributed by atoms with Gasteiger partial charge < -0.3 is 9.73 Å².